The van der Waals surface area contributed by atoms with E-state index < -0.39 is 12.1 Å². The van der Waals surface area contributed by atoms with E-state index in [1.807, 2.05) is 13.8 Å². The van der Waals surface area contributed by atoms with Crippen LogP contribution < -0.4 is 0 Å². The van der Waals surface area contributed by atoms with Crippen LogP contribution in [0, 0.1) is 0 Å². The fourth-order valence-corrected chi connectivity index (χ4v) is 1.52. The van der Waals surface area contributed by atoms with Gasteiger partial charge >= 0.3 is 5.97 Å². The van der Waals surface area contributed by atoms with Crippen molar-refractivity contribution in [1.29, 1.82) is 0 Å². The molecule has 1 aromatic rings. The molecule has 1 heterocycles. The summed E-state index contributed by atoms with van der Waals surface area (Å²) in [5.41, 5.74) is 1.25. The van der Waals surface area contributed by atoms with Gasteiger partial charge in [0.25, 0.3) is 0 Å². The number of nitrogens with zero attached hydrogens (tertiary/aromatic N) is 3. The van der Waals surface area contributed by atoms with Crippen molar-refractivity contribution >= 4 is 5.97 Å². The summed E-state index contributed by atoms with van der Waals surface area (Å²) in [7, 11) is 0. The van der Waals surface area contributed by atoms with Crippen molar-refractivity contribution in [3.63, 3.8) is 0 Å². The van der Waals surface area contributed by atoms with Crippen molar-refractivity contribution < 1.29 is 15.0 Å². The Morgan fingerprint density at radius 2 is 2.12 bits per heavy atom. The molecule has 0 saturated carbocycles. The lowest BCUT2D eigenvalue weighted by Crippen LogP contribution is -2.21. The minimum absolute atomic E-state index is 0.129. The normalized spacial score (nSPS) is 14.8. The van der Waals surface area contributed by atoms with Crippen molar-refractivity contribution in [2.24, 2.45) is 0 Å². The van der Waals surface area contributed by atoms with Gasteiger partial charge in [-0.25, -0.2) is 4.68 Å². The summed E-state index contributed by atoms with van der Waals surface area (Å²) in [6.07, 6.45) is -0.0350. The molecule has 1 rings (SSSR count). The molecule has 1 aromatic heterocycles. The standard InChI is InChI=1S/C10H17N3O3/c1-4-9-8(5-10(15)16)11-12-13(9)6(2)7(3)14/h6-7,14H,4-5H2,1-3H3,(H,15,16). The van der Waals surface area contributed by atoms with E-state index in [0.29, 0.717) is 12.1 Å². The van der Waals surface area contributed by atoms with Crippen LogP contribution >= 0.6 is 0 Å². The summed E-state index contributed by atoms with van der Waals surface area (Å²) >= 11 is 0. The SMILES string of the molecule is CCc1c(CC(=O)O)nnn1C(C)C(C)O. The summed E-state index contributed by atoms with van der Waals surface area (Å²) in [5.74, 6) is -0.925. The smallest absolute Gasteiger partial charge is 0.309 e. The molecule has 2 atom stereocenters. The first-order valence-electron chi connectivity index (χ1n) is 5.30. The summed E-state index contributed by atoms with van der Waals surface area (Å²) in [5, 5.41) is 26.0. The highest BCUT2D eigenvalue weighted by molar-refractivity contribution is 5.69. The summed E-state index contributed by atoms with van der Waals surface area (Å²) < 4.78 is 1.60. The zero-order valence-corrected chi connectivity index (χ0v) is 9.71. The van der Waals surface area contributed by atoms with E-state index in [2.05, 4.69) is 10.3 Å². The third kappa shape index (κ3) is 2.57. The van der Waals surface area contributed by atoms with Crippen LogP contribution in [-0.2, 0) is 17.6 Å². The average Bonchev–Trinajstić information content (AvgIpc) is 2.58. The monoisotopic (exact) mass is 227 g/mol. The van der Waals surface area contributed by atoms with Crippen molar-refractivity contribution in [3.05, 3.63) is 11.4 Å². The van der Waals surface area contributed by atoms with Crippen LogP contribution in [0.3, 0.4) is 0 Å². The fourth-order valence-electron chi connectivity index (χ4n) is 1.52. The van der Waals surface area contributed by atoms with Gasteiger partial charge in [-0.05, 0) is 20.3 Å². The van der Waals surface area contributed by atoms with Gasteiger partial charge in [0, 0.05) is 0 Å². The molecule has 0 aliphatic carbocycles. The average molecular weight is 227 g/mol. The van der Waals surface area contributed by atoms with E-state index in [9.17, 15) is 9.90 Å². The summed E-state index contributed by atoms with van der Waals surface area (Å²) in [6.45, 7) is 5.40. The predicted octanol–water partition coefficient (Wildman–Crippen LogP) is 0.409. The molecule has 2 N–H and O–H groups in total. The molecule has 0 radical (unpaired) electrons. The van der Waals surface area contributed by atoms with Crippen LogP contribution in [0.4, 0.5) is 0 Å². The lowest BCUT2D eigenvalue weighted by molar-refractivity contribution is -0.136. The molecule has 6 heteroatoms. The van der Waals surface area contributed by atoms with E-state index in [1.165, 1.54) is 0 Å². The van der Waals surface area contributed by atoms with Gasteiger partial charge < -0.3 is 10.2 Å². The second-order valence-corrected chi connectivity index (χ2v) is 3.83. The van der Waals surface area contributed by atoms with Crippen LogP contribution in [0.15, 0.2) is 0 Å². The van der Waals surface area contributed by atoms with E-state index in [-0.39, 0.29) is 12.5 Å². The number of hydrogen-bond acceptors (Lipinski definition) is 4. The van der Waals surface area contributed by atoms with Gasteiger partial charge in [0.2, 0.25) is 0 Å². The van der Waals surface area contributed by atoms with Gasteiger partial charge in [-0.15, -0.1) is 5.10 Å². The second-order valence-electron chi connectivity index (χ2n) is 3.83. The van der Waals surface area contributed by atoms with E-state index in [1.54, 1.807) is 11.6 Å². The zero-order valence-electron chi connectivity index (χ0n) is 9.71. The highest BCUT2D eigenvalue weighted by atomic mass is 16.4. The zero-order chi connectivity index (χ0) is 12.3. The van der Waals surface area contributed by atoms with Gasteiger partial charge in [0.1, 0.15) is 0 Å². The first kappa shape index (κ1) is 12.6. The van der Waals surface area contributed by atoms with E-state index >= 15 is 0 Å². The Balaban J connectivity index is 3.03. The Kier molecular flexibility index (Phi) is 4.00. The van der Waals surface area contributed by atoms with Crippen molar-refractivity contribution in [3.8, 4) is 0 Å². The number of aliphatic hydroxyl groups excluding tert-OH is 1. The van der Waals surface area contributed by atoms with Crippen molar-refractivity contribution in [2.75, 3.05) is 0 Å². The molecule has 0 aliphatic heterocycles. The van der Waals surface area contributed by atoms with Gasteiger partial charge in [0.05, 0.1) is 30.0 Å². The molecule has 0 aliphatic rings. The maximum Gasteiger partial charge on any atom is 0.309 e. The van der Waals surface area contributed by atoms with E-state index in [4.69, 9.17) is 5.11 Å². The third-order valence-corrected chi connectivity index (χ3v) is 2.61. The number of aliphatic carboxylic acids is 1. The highest BCUT2D eigenvalue weighted by Crippen LogP contribution is 2.16. The molecular formula is C10H17N3O3. The van der Waals surface area contributed by atoms with Crippen LogP contribution in [0.5, 0.6) is 0 Å². The van der Waals surface area contributed by atoms with Crippen molar-refractivity contribution in [1.82, 2.24) is 15.0 Å². The number of carboxylic acids is 1. The molecule has 0 saturated heterocycles. The Bertz CT molecular complexity index is 373. The molecule has 0 amide bonds. The Hall–Kier alpha value is -1.43. The molecule has 0 aromatic carbocycles. The van der Waals surface area contributed by atoms with Gasteiger partial charge in [0.15, 0.2) is 0 Å². The third-order valence-electron chi connectivity index (χ3n) is 2.61. The Morgan fingerprint density at radius 1 is 1.50 bits per heavy atom. The molecular weight excluding hydrogens is 210 g/mol. The second kappa shape index (κ2) is 5.07. The Morgan fingerprint density at radius 3 is 2.56 bits per heavy atom. The van der Waals surface area contributed by atoms with Crippen LogP contribution in [0.25, 0.3) is 0 Å². The first-order chi connectivity index (χ1) is 7.47. The number of rotatable bonds is 5. The quantitative estimate of drug-likeness (QED) is 0.760. The van der Waals surface area contributed by atoms with Crippen LogP contribution in [0.1, 0.15) is 38.2 Å². The lowest BCUT2D eigenvalue weighted by Gasteiger charge is -2.16. The molecule has 16 heavy (non-hydrogen) atoms. The number of carboxylic acid groups (broad SMARTS) is 1. The Labute approximate surface area is 93.9 Å². The molecule has 6 nitrogen and oxygen atoms in total. The fraction of sp³-hybridized carbons (Fsp3) is 0.700. The minimum Gasteiger partial charge on any atom is -0.481 e. The topological polar surface area (TPSA) is 88.2 Å². The highest BCUT2D eigenvalue weighted by Gasteiger charge is 2.20. The first-order valence-corrected chi connectivity index (χ1v) is 5.30. The van der Waals surface area contributed by atoms with Crippen LogP contribution in [0.2, 0.25) is 0 Å². The maximum absolute atomic E-state index is 10.6. The van der Waals surface area contributed by atoms with Gasteiger partial charge in [-0.3, -0.25) is 4.79 Å². The molecule has 2 unspecified atom stereocenters. The molecule has 90 valence electrons. The van der Waals surface area contributed by atoms with Crippen molar-refractivity contribution in [2.45, 2.75) is 45.8 Å². The van der Waals surface area contributed by atoms with E-state index in [0.717, 1.165) is 5.69 Å². The largest absolute Gasteiger partial charge is 0.481 e. The number of hydrogen-bond donors (Lipinski definition) is 2. The lowest BCUT2D eigenvalue weighted by atomic mass is 10.1. The van der Waals surface area contributed by atoms with Crippen LogP contribution in [-0.4, -0.2) is 37.3 Å². The molecule has 0 spiro atoms. The summed E-state index contributed by atoms with van der Waals surface area (Å²) in [4.78, 5) is 10.6. The molecule has 0 fully saturated rings. The predicted molar refractivity (Wildman–Crippen MR) is 57.1 cm³/mol. The minimum atomic E-state index is -0.925. The van der Waals surface area contributed by atoms with Gasteiger partial charge in [-0.1, -0.05) is 12.1 Å². The number of aromatic nitrogens is 3. The maximum atomic E-state index is 10.6. The summed E-state index contributed by atoms with van der Waals surface area (Å²) in [6, 6.07) is -0.204. The van der Waals surface area contributed by atoms with Gasteiger partial charge in [-0.2, -0.15) is 0 Å². The number of carbonyl (C=O) groups is 1. The molecule has 0 bridgehead atoms. The number of aliphatic hydroxyl groups is 1.